The van der Waals surface area contributed by atoms with E-state index in [1.165, 1.54) is 12.1 Å². The summed E-state index contributed by atoms with van der Waals surface area (Å²) in [5, 5.41) is 46.0. The highest BCUT2D eigenvalue weighted by Crippen LogP contribution is 2.41. The zero-order valence-corrected chi connectivity index (χ0v) is 17.8. The van der Waals surface area contributed by atoms with Gasteiger partial charge in [0.25, 0.3) is 11.4 Å². The zero-order chi connectivity index (χ0) is 26.0. The molecule has 4 aromatic rings. The Hall–Kier alpha value is -5.66. The summed E-state index contributed by atoms with van der Waals surface area (Å²) in [5.41, 5.74) is -2.29. The van der Waals surface area contributed by atoms with Crippen LogP contribution in [-0.4, -0.2) is 19.7 Å². The molecular weight excluding hydrogens is 480 g/mol. The number of rotatable bonds is 8. The second kappa shape index (κ2) is 9.30. The van der Waals surface area contributed by atoms with Crippen molar-refractivity contribution in [2.24, 2.45) is 0 Å². The number of ether oxygens (including phenoxy) is 2. The van der Waals surface area contributed by atoms with Crippen LogP contribution in [0, 0.1) is 40.5 Å². The van der Waals surface area contributed by atoms with Crippen molar-refractivity contribution in [2.45, 2.75) is 0 Å². The summed E-state index contributed by atoms with van der Waals surface area (Å²) in [5.74, 6) is -0.475. The summed E-state index contributed by atoms with van der Waals surface area (Å²) in [6.07, 6.45) is 0. The van der Waals surface area contributed by atoms with Gasteiger partial charge in [0.05, 0.1) is 31.8 Å². The van der Waals surface area contributed by atoms with E-state index in [4.69, 9.17) is 9.47 Å². The van der Waals surface area contributed by atoms with Gasteiger partial charge >= 0.3 is 11.4 Å². The lowest BCUT2D eigenvalue weighted by Crippen LogP contribution is -1.98. The Morgan fingerprint density at radius 3 is 1.58 bits per heavy atom. The minimum absolute atomic E-state index is 0.0326. The summed E-state index contributed by atoms with van der Waals surface area (Å²) in [7, 11) is 0. The molecule has 4 aromatic carbocycles. The van der Waals surface area contributed by atoms with E-state index in [1.54, 1.807) is 24.3 Å². The van der Waals surface area contributed by atoms with E-state index in [-0.39, 0.29) is 23.0 Å². The fourth-order valence-electron chi connectivity index (χ4n) is 3.33. The first-order chi connectivity index (χ1) is 17.1. The van der Waals surface area contributed by atoms with Crippen LogP contribution >= 0.6 is 0 Å². The number of hydrogen-bond donors (Lipinski definition) is 0. The number of nitro groups is 4. The van der Waals surface area contributed by atoms with Gasteiger partial charge in [-0.05, 0) is 23.6 Å². The van der Waals surface area contributed by atoms with Gasteiger partial charge in [-0.3, -0.25) is 40.5 Å². The smallest absolute Gasteiger partial charge is 0.318 e. The molecular formula is C22H12N4O10. The van der Waals surface area contributed by atoms with Crippen molar-refractivity contribution in [1.82, 2.24) is 0 Å². The van der Waals surface area contributed by atoms with E-state index in [2.05, 4.69) is 0 Å². The minimum Gasteiger partial charge on any atom is -0.450 e. The highest BCUT2D eigenvalue weighted by molar-refractivity contribution is 5.90. The molecule has 0 bridgehead atoms. The van der Waals surface area contributed by atoms with Crippen molar-refractivity contribution < 1.29 is 29.2 Å². The molecule has 0 saturated carbocycles. The average molecular weight is 492 g/mol. The second-order valence-corrected chi connectivity index (χ2v) is 7.18. The standard InChI is InChI=1S/C22H12N4O10/c27-23(28)14-5-7-20(18(10-14)25(31)32)35-16-9-13-3-1-2-4-17(13)22(12-16)36-21-8-6-15(24(29)30)11-19(21)26(33)34/h1-12H. The zero-order valence-electron chi connectivity index (χ0n) is 17.8. The van der Waals surface area contributed by atoms with E-state index in [9.17, 15) is 40.5 Å². The first-order valence-corrected chi connectivity index (χ1v) is 9.88. The van der Waals surface area contributed by atoms with Gasteiger partial charge in [0, 0.05) is 23.6 Å². The van der Waals surface area contributed by atoms with Gasteiger partial charge in [0.2, 0.25) is 11.5 Å². The van der Waals surface area contributed by atoms with Crippen LogP contribution < -0.4 is 9.47 Å². The van der Waals surface area contributed by atoms with Crippen LogP contribution in [0.3, 0.4) is 0 Å². The molecule has 14 nitrogen and oxygen atoms in total. The van der Waals surface area contributed by atoms with Crippen LogP contribution in [0.4, 0.5) is 22.7 Å². The Labute approximate surface area is 199 Å². The number of non-ortho nitro benzene ring substituents is 2. The average Bonchev–Trinajstić information content (AvgIpc) is 2.84. The first kappa shape index (κ1) is 23.5. The molecule has 36 heavy (non-hydrogen) atoms. The maximum absolute atomic E-state index is 11.5. The van der Waals surface area contributed by atoms with Crippen LogP contribution in [0.25, 0.3) is 10.8 Å². The molecule has 0 unspecified atom stereocenters. The van der Waals surface area contributed by atoms with E-state index < -0.39 is 42.4 Å². The Morgan fingerprint density at radius 2 is 1.06 bits per heavy atom. The molecule has 0 aliphatic rings. The lowest BCUT2D eigenvalue weighted by molar-refractivity contribution is -0.394. The van der Waals surface area contributed by atoms with Gasteiger partial charge in [0.15, 0.2) is 0 Å². The molecule has 0 fully saturated rings. The molecule has 0 saturated heterocycles. The van der Waals surface area contributed by atoms with E-state index in [1.807, 2.05) is 0 Å². The third-order valence-corrected chi connectivity index (χ3v) is 4.95. The maximum atomic E-state index is 11.5. The van der Waals surface area contributed by atoms with Crippen molar-refractivity contribution >= 4 is 33.5 Å². The van der Waals surface area contributed by atoms with Crippen molar-refractivity contribution in [2.75, 3.05) is 0 Å². The number of benzene rings is 4. The summed E-state index contributed by atoms with van der Waals surface area (Å²) in [6, 6.07) is 15.3. The van der Waals surface area contributed by atoms with Crippen LogP contribution in [0.15, 0.2) is 72.8 Å². The molecule has 14 heteroatoms. The Balaban J connectivity index is 1.80. The van der Waals surface area contributed by atoms with E-state index in [0.717, 1.165) is 36.4 Å². The van der Waals surface area contributed by atoms with Gasteiger partial charge in [-0.15, -0.1) is 0 Å². The summed E-state index contributed by atoms with van der Waals surface area (Å²) in [6.45, 7) is 0. The van der Waals surface area contributed by atoms with Gasteiger partial charge in [0.1, 0.15) is 11.5 Å². The lowest BCUT2D eigenvalue weighted by Gasteiger charge is -2.13. The third kappa shape index (κ3) is 4.67. The van der Waals surface area contributed by atoms with Crippen molar-refractivity contribution in [1.29, 1.82) is 0 Å². The van der Waals surface area contributed by atoms with Crippen molar-refractivity contribution in [3.8, 4) is 23.0 Å². The Bertz CT molecular complexity index is 1570. The monoisotopic (exact) mass is 492 g/mol. The highest BCUT2D eigenvalue weighted by Gasteiger charge is 2.24. The predicted octanol–water partition coefficient (Wildman–Crippen LogP) is 6.06. The SMILES string of the molecule is O=[N+]([O-])c1ccc(Oc2cc(Oc3ccc([N+](=O)[O-])cc3[N+](=O)[O-])c3ccccc3c2)c([N+](=O)[O-])c1. The minimum atomic E-state index is -0.832. The second-order valence-electron chi connectivity index (χ2n) is 7.18. The molecule has 4 rings (SSSR count). The van der Waals surface area contributed by atoms with Crippen LogP contribution in [-0.2, 0) is 0 Å². The molecule has 0 aliphatic carbocycles. The number of nitrogens with zero attached hydrogens (tertiary/aromatic N) is 4. The first-order valence-electron chi connectivity index (χ1n) is 9.88. The van der Waals surface area contributed by atoms with Gasteiger partial charge in [-0.1, -0.05) is 24.3 Å². The summed E-state index contributed by atoms with van der Waals surface area (Å²) in [4.78, 5) is 41.7. The maximum Gasteiger partial charge on any atom is 0.318 e. The molecule has 0 aliphatic heterocycles. The molecule has 0 radical (unpaired) electrons. The van der Waals surface area contributed by atoms with Crippen molar-refractivity contribution in [3.05, 3.63) is 113 Å². The topological polar surface area (TPSA) is 191 Å². The highest BCUT2D eigenvalue weighted by atomic mass is 16.6. The number of hydrogen-bond acceptors (Lipinski definition) is 10. The molecule has 0 aromatic heterocycles. The van der Waals surface area contributed by atoms with E-state index in [0.29, 0.717) is 10.8 Å². The normalized spacial score (nSPS) is 10.6. The molecule has 0 heterocycles. The summed E-state index contributed by atoms with van der Waals surface area (Å²) >= 11 is 0. The van der Waals surface area contributed by atoms with Gasteiger partial charge < -0.3 is 9.47 Å². The molecule has 0 amide bonds. The Morgan fingerprint density at radius 1 is 0.528 bits per heavy atom. The molecule has 0 N–H and O–H groups in total. The predicted molar refractivity (Wildman–Crippen MR) is 124 cm³/mol. The number of fused-ring (bicyclic) bond motifs is 1. The fraction of sp³-hybridized carbons (Fsp3) is 0. The van der Waals surface area contributed by atoms with Crippen LogP contribution in [0.1, 0.15) is 0 Å². The summed E-state index contributed by atoms with van der Waals surface area (Å²) < 4.78 is 11.4. The third-order valence-electron chi connectivity index (χ3n) is 4.95. The molecule has 0 atom stereocenters. The van der Waals surface area contributed by atoms with Gasteiger partial charge in [-0.25, -0.2) is 0 Å². The van der Waals surface area contributed by atoms with Crippen LogP contribution in [0.2, 0.25) is 0 Å². The number of nitro benzene ring substituents is 4. The lowest BCUT2D eigenvalue weighted by atomic mass is 10.1. The van der Waals surface area contributed by atoms with Crippen molar-refractivity contribution in [3.63, 3.8) is 0 Å². The van der Waals surface area contributed by atoms with Crippen LogP contribution in [0.5, 0.6) is 23.0 Å². The Kier molecular flexibility index (Phi) is 6.07. The van der Waals surface area contributed by atoms with E-state index >= 15 is 0 Å². The molecule has 0 spiro atoms. The van der Waals surface area contributed by atoms with Gasteiger partial charge in [-0.2, -0.15) is 0 Å². The largest absolute Gasteiger partial charge is 0.450 e. The fourth-order valence-corrected chi connectivity index (χ4v) is 3.33. The molecule has 180 valence electrons. The quantitative estimate of drug-likeness (QED) is 0.206.